The van der Waals surface area contributed by atoms with E-state index in [0.29, 0.717) is 18.2 Å². The first-order chi connectivity index (χ1) is 8.89. The highest BCUT2D eigenvalue weighted by Crippen LogP contribution is 2.15. The molecule has 3 N–H and O–H groups in total. The van der Waals surface area contributed by atoms with Crippen molar-refractivity contribution in [2.24, 2.45) is 11.7 Å². The number of amides is 1. The van der Waals surface area contributed by atoms with Crippen LogP contribution >= 0.6 is 11.8 Å². The number of nitrogens with zero attached hydrogens (tertiary/aromatic N) is 1. The summed E-state index contributed by atoms with van der Waals surface area (Å²) in [5.41, 5.74) is 5.46. The van der Waals surface area contributed by atoms with Crippen molar-refractivity contribution in [3.05, 3.63) is 0 Å². The predicted octanol–water partition coefficient (Wildman–Crippen LogP) is 1.55. The molecule has 0 aromatic carbocycles. The Labute approximate surface area is 122 Å². The van der Waals surface area contributed by atoms with Gasteiger partial charge in [0.05, 0.1) is 11.3 Å². The Balaban J connectivity index is 3.93. The zero-order chi connectivity index (χ0) is 14.9. The van der Waals surface area contributed by atoms with E-state index in [4.69, 9.17) is 5.73 Å². The molecule has 0 heterocycles. The number of thioether (sulfide) groups is 1. The van der Waals surface area contributed by atoms with Crippen LogP contribution in [0.5, 0.6) is 0 Å². The summed E-state index contributed by atoms with van der Waals surface area (Å²) >= 11 is 1.69. The van der Waals surface area contributed by atoms with Crippen molar-refractivity contribution in [3.63, 3.8) is 0 Å². The van der Waals surface area contributed by atoms with Crippen molar-refractivity contribution in [2.45, 2.75) is 40.2 Å². The lowest BCUT2D eigenvalue weighted by Crippen LogP contribution is -2.55. The Morgan fingerprint density at radius 2 is 1.95 bits per heavy atom. The summed E-state index contributed by atoms with van der Waals surface area (Å²) in [6, 6.07) is 0. The summed E-state index contributed by atoms with van der Waals surface area (Å²) in [5, 5.41) is 3.06. The van der Waals surface area contributed by atoms with Crippen LogP contribution in [0.15, 0.2) is 0 Å². The SMILES string of the molecule is CCN(CC)CCSCC(=O)NC(C)(CN)C(C)C. The molecule has 0 aromatic rings. The average molecular weight is 289 g/mol. The van der Waals surface area contributed by atoms with Crippen LogP contribution in [-0.2, 0) is 4.79 Å². The summed E-state index contributed by atoms with van der Waals surface area (Å²) in [6.45, 7) is 14.2. The lowest BCUT2D eigenvalue weighted by molar-refractivity contribution is -0.120. The van der Waals surface area contributed by atoms with E-state index < -0.39 is 0 Å². The number of carbonyl (C=O) groups is 1. The number of nitrogens with two attached hydrogens (primary N) is 1. The van der Waals surface area contributed by atoms with Crippen molar-refractivity contribution in [1.82, 2.24) is 10.2 Å². The molecule has 1 amide bonds. The van der Waals surface area contributed by atoms with E-state index in [1.807, 2.05) is 6.92 Å². The van der Waals surface area contributed by atoms with Gasteiger partial charge in [0, 0.05) is 18.8 Å². The maximum absolute atomic E-state index is 11.9. The first-order valence-electron chi connectivity index (χ1n) is 7.20. The molecule has 0 spiro atoms. The molecule has 0 aliphatic carbocycles. The third-order valence-electron chi connectivity index (χ3n) is 3.80. The molecule has 1 unspecified atom stereocenters. The average Bonchev–Trinajstić information content (AvgIpc) is 2.38. The smallest absolute Gasteiger partial charge is 0.230 e. The second-order valence-corrected chi connectivity index (χ2v) is 6.51. The molecule has 0 saturated carbocycles. The van der Waals surface area contributed by atoms with Gasteiger partial charge in [0.15, 0.2) is 0 Å². The van der Waals surface area contributed by atoms with Crippen LogP contribution in [0.1, 0.15) is 34.6 Å². The van der Waals surface area contributed by atoms with E-state index in [9.17, 15) is 4.79 Å². The van der Waals surface area contributed by atoms with Crippen LogP contribution in [0.25, 0.3) is 0 Å². The molecular formula is C14H31N3OS. The van der Waals surface area contributed by atoms with Crippen LogP contribution < -0.4 is 11.1 Å². The number of nitrogens with one attached hydrogen (secondary N) is 1. The number of carbonyl (C=O) groups excluding carboxylic acids is 1. The largest absolute Gasteiger partial charge is 0.349 e. The van der Waals surface area contributed by atoms with Crippen LogP contribution in [0, 0.1) is 5.92 Å². The fraction of sp³-hybridized carbons (Fsp3) is 0.929. The quantitative estimate of drug-likeness (QED) is 0.599. The third-order valence-corrected chi connectivity index (χ3v) is 4.74. The van der Waals surface area contributed by atoms with E-state index in [0.717, 1.165) is 25.4 Å². The fourth-order valence-electron chi connectivity index (χ4n) is 1.68. The topological polar surface area (TPSA) is 58.4 Å². The standard InChI is InChI=1S/C14H31N3OS/c1-6-17(7-2)8-9-19-10-13(18)16-14(5,11-15)12(3)4/h12H,6-11,15H2,1-5H3,(H,16,18). The second-order valence-electron chi connectivity index (χ2n) is 5.40. The van der Waals surface area contributed by atoms with E-state index in [-0.39, 0.29) is 11.4 Å². The Morgan fingerprint density at radius 3 is 2.37 bits per heavy atom. The molecule has 114 valence electrons. The zero-order valence-electron chi connectivity index (χ0n) is 13.2. The second kappa shape index (κ2) is 9.61. The minimum absolute atomic E-state index is 0.0891. The molecular weight excluding hydrogens is 258 g/mol. The normalized spacial score (nSPS) is 14.7. The van der Waals surface area contributed by atoms with Gasteiger partial charge < -0.3 is 16.0 Å². The van der Waals surface area contributed by atoms with Crippen molar-refractivity contribution in [3.8, 4) is 0 Å². The Bertz CT molecular complexity index is 257. The highest BCUT2D eigenvalue weighted by Gasteiger charge is 2.28. The van der Waals surface area contributed by atoms with Gasteiger partial charge in [0.2, 0.25) is 5.91 Å². The molecule has 5 heteroatoms. The molecule has 0 rings (SSSR count). The number of hydrogen-bond acceptors (Lipinski definition) is 4. The molecule has 0 radical (unpaired) electrons. The number of hydrogen-bond donors (Lipinski definition) is 2. The molecule has 0 fully saturated rings. The summed E-state index contributed by atoms with van der Waals surface area (Å²) in [6.07, 6.45) is 0. The van der Waals surface area contributed by atoms with Crippen molar-refractivity contribution in [2.75, 3.05) is 37.7 Å². The highest BCUT2D eigenvalue weighted by atomic mass is 32.2. The fourth-order valence-corrected chi connectivity index (χ4v) is 2.47. The van der Waals surface area contributed by atoms with Gasteiger partial charge in [-0.05, 0) is 25.9 Å². The molecule has 0 aliphatic rings. The van der Waals surface area contributed by atoms with Gasteiger partial charge in [-0.3, -0.25) is 4.79 Å². The highest BCUT2D eigenvalue weighted by molar-refractivity contribution is 7.99. The van der Waals surface area contributed by atoms with Gasteiger partial charge in [-0.2, -0.15) is 11.8 Å². The first kappa shape index (κ1) is 18.7. The third kappa shape index (κ3) is 7.18. The predicted molar refractivity (Wildman–Crippen MR) is 85.6 cm³/mol. The van der Waals surface area contributed by atoms with E-state index >= 15 is 0 Å². The van der Waals surface area contributed by atoms with Crippen molar-refractivity contribution >= 4 is 17.7 Å². The number of rotatable bonds is 10. The molecule has 4 nitrogen and oxygen atoms in total. The molecule has 0 aliphatic heterocycles. The van der Waals surface area contributed by atoms with Crippen LogP contribution in [0.4, 0.5) is 0 Å². The van der Waals surface area contributed by atoms with E-state index in [2.05, 4.69) is 37.9 Å². The maximum atomic E-state index is 11.9. The molecule has 0 aromatic heterocycles. The lowest BCUT2D eigenvalue weighted by Gasteiger charge is -2.33. The van der Waals surface area contributed by atoms with Crippen LogP contribution in [0.2, 0.25) is 0 Å². The van der Waals surface area contributed by atoms with Gasteiger partial charge in [0.25, 0.3) is 0 Å². The van der Waals surface area contributed by atoms with Crippen LogP contribution in [0.3, 0.4) is 0 Å². The Hall–Kier alpha value is -0.260. The minimum Gasteiger partial charge on any atom is -0.349 e. The van der Waals surface area contributed by atoms with Gasteiger partial charge in [-0.25, -0.2) is 0 Å². The lowest BCUT2D eigenvalue weighted by atomic mass is 9.88. The summed E-state index contributed by atoms with van der Waals surface area (Å²) < 4.78 is 0. The van der Waals surface area contributed by atoms with Gasteiger partial charge in [-0.1, -0.05) is 27.7 Å². The van der Waals surface area contributed by atoms with E-state index in [1.165, 1.54) is 0 Å². The molecule has 0 saturated heterocycles. The molecule has 1 atom stereocenters. The van der Waals surface area contributed by atoms with Crippen molar-refractivity contribution in [1.29, 1.82) is 0 Å². The minimum atomic E-state index is -0.295. The summed E-state index contributed by atoms with van der Waals surface area (Å²) in [7, 11) is 0. The summed E-state index contributed by atoms with van der Waals surface area (Å²) in [4.78, 5) is 14.3. The monoisotopic (exact) mass is 289 g/mol. The summed E-state index contributed by atoms with van der Waals surface area (Å²) in [5.74, 6) is 1.94. The van der Waals surface area contributed by atoms with Gasteiger partial charge in [-0.15, -0.1) is 0 Å². The van der Waals surface area contributed by atoms with Crippen LogP contribution in [-0.4, -0.2) is 54.0 Å². The maximum Gasteiger partial charge on any atom is 0.230 e. The Morgan fingerprint density at radius 1 is 1.37 bits per heavy atom. The Kier molecular flexibility index (Phi) is 9.48. The first-order valence-corrected chi connectivity index (χ1v) is 8.36. The van der Waals surface area contributed by atoms with Gasteiger partial charge in [0.1, 0.15) is 0 Å². The van der Waals surface area contributed by atoms with Crippen molar-refractivity contribution < 1.29 is 4.79 Å². The van der Waals surface area contributed by atoms with Gasteiger partial charge >= 0.3 is 0 Å². The zero-order valence-corrected chi connectivity index (χ0v) is 14.0. The molecule has 0 bridgehead atoms. The molecule has 19 heavy (non-hydrogen) atoms. The van der Waals surface area contributed by atoms with E-state index in [1.54, 1.807) is 11.8 Å².